The maximum absolute atomic E-state index is 7.70. The molecule has 0 spiro atoms. The molecule has 0 aliphatic heterocycles. The highest BCUT2D eigenvalue weighted by molar-refractivity contribution is 6.05. The molecule has 80 valence electrons. The van der Waals surface area contributed by atoms with Crippen LogP contribution in [0.5, 0.6) is 0 Å². The standard InChI is InChI=1S/C11H11N5/c1-7(12)10-8(13)2-3-16-11(10)9-6-14-4-5-15-9/h2-6,12H,1H3,(H2,13,16). The zero-order chi connectivity index (χ0) is 11.5. The van der Waals surface area contributed by atoms with Crippen LogP contribution in [0.15, 0.2) is 30.9 Å². The molecule has 5 nitrogen and oxygen atoms in total. The second-order valence-electron chi connectivity index (χ2n) is 3.34. The third-order valence-electron chi connectivity index (χ3n) is 2.16. The monoisotopic (exact) mass is 213 g/mol. The minimum Gasteiger partial charge on any atom is -0.398 e. The normalized spacial score (nSPS) is 10.1. The number of pyridine rings is 1. The van der Waals surface area contributed by atoms with E-state index in [0.29, 0.717) is 28.4 Å². The number of aromatic nitrogens is 3. The van der Waals surface area contributed by atoms with Gasteiger partial charge in [-0.15, -0.1) is 0 Å². The van der Waals surface area contributed by atoms with Crippen molar-refractivity contribution in [3.8, 4) is 11.4 Å². The maximum Gasteiger partial charge on any atom is 0.108 e. The van der Waals surface area contributed by atoms with Crippen molar-refractivity contribution in [1.82, 2.24) is 15.0 Å². The third-order valence-corrected chi connectivity index (χ3v) is 2.16. The highest BCUT2D eigenvalue weighted by Crippen LogP contribution is 2.23. The zero-order valence-electron chi connectivity index (χ0n) is 8.81. The van der Waals surface area contributed by atoms with Gasteiger partial charge in [-0.1, -0.05) is 0 Å². The molecule has 2 heterocycles. The molecule has 0 amide bonds. The zero-order valence-corrected chi connectivity index (χ0v) is 8.81. The van der Waals surface area contributed by atoms with E-state index in [1.165, 1.54) is 0 Å². The first-order valence-corrected chi connectivity index (χ1v) is 4.76. The summed E-state index contributed by atoms with van der Waals surface area (Å²) in [4.78, 5) is 12.3. The first-order chi connectivity index (χ1) is 7.70. The quantitative estimate of drug-likeness (QED) is 0.740. The molecule has 0 atom stereocenters. The van der Waals surface area contributed by atoms with Crippen molar-refractivity contribution < 1.29 is 0 Å². The molecule has 0 saturated carbocycles. The summed E-state index contributed by atoms with van der Waals surface area (Å²) >= 11 is 0. The van der Waals surface area contributed by atoms with Crippen LogP contribution in [0.3, 0.4) is 0 Å². The van der Waals surface area contributed by atoms with Crippen molar-refractivity contribution in [1.29, 1.82) is 5.41 Å². The molecule has 0 bridgehead atoms. The van der Waals surface area contributed by atoms with Crippen LogP contribution in [0.2, 0.25) is 0 Å². The number of anilines is 1. The molecule has 5 heteroatoms. The van der Waals surface area contributed by atoms with Gasteiger partial charge < -0.3 is 11.1 Å². The lowest BCUT2D eigenvalue weighted by molar-refractivity contribution is 1.17. The number of nitrogens with one attached hydrogen (secondary N) is 1. The number of rotatable bonds is 2. The van der Waals surface area contributed by atoms with E-state index in [-0.39, 0.29) is 0 Å². The van der Waals surface area contributed by atoms with E-state index < -0.39 is 0 Å². The van der Waals surface area contributed by atoms with Crippen molar-refractivity contribution in [2.75, 3.05) is 5.73 Å². The molecular formula is C11H11N5. The summed E-state index contributed by atoms with van der Waals surface area (Å²) in [6.45, 7) is 1.67. The first-order valence-electron chi connectivity index (χ1n) is 4.76. The second-order valence-corrected chi connectivity index (χ2v) is 3.34. The summed E-state index contributed by atoms with van der Waals surface area (Å²) in [6.07, 6.45) is 6.38. The van der Waals surface area contributed by atoms with Gasteiger partial charge in [0, 0.05) is 35.6 Å². The molecule has 0 fully saturated rings. The third kappa shape index (κ3) is 1.75. The van der Waals surface area contributed by atoms with E-state index in [9.17, 15) is 0 Å². The minimum atomic E-state index is 0.367. The summed E-state index contributed by atoms with van der Waals surface area (Å²) in [5.74, 6) is 0. The van der Waals surface area contributed by atoms with Gasteiger partial charge in [-0.2, -0.15) is 0 Å². The van der Waals surface area contributed by atoms with Gasteiger partial charge >= 0.3 is 0 Å². The fourth-order valence-electron chi connectivity index (χ4n) is 1.49. The Bertz CT molecular complexity index is 521. The molecule has 2 aromatic heterocycles. The molecule has 2 aromatic rings. The van der Waals surface area contributed by atoms with Crippen LogP contribution in [0.1, 0.15) is 12.5 Å². The Morgan fingerprint density at radius 2 is 2.06 bits per heavy atom. The molecule has 3 N–H and O–H groups in total. The smallest absolute Gasteiger partial charge is 0.108 e. The van der Waals surface area contributed by atoms with Crippen molar-refractivity contribution in [2.24, 2.45) is 0 Å². The second kappa shape index (κ2) is 4.06. The van der Waals surface area contributed by atoms with E-state index in [4.69, 9.17) is 11.1 Å². The lowest BCUT2D eigenvalue weighted by Gasteiger charge is -2.08. The average molecular weight is 213 g/mol. The Morgan fingerprint density at radius 1 is 1.25 bits per heavy atom. The van der Waals surface area contributed by atoms with Gasteiger partial charge in [0.05, 0.1) is 6.20 Å². The molecule has 0 aliphatic carbocycles. The van der Waals surface area contributed by atoms with Crippen LogP contribution >= 0.6 is 0 Å². The number of hydrogen-bond acceptors (Lipinski definition) is 5. The summed E-state index contributed by atoms with van der Waals surface area (Å²) in [5.41, 5.74) is 8.56. The molecule has 0 saturated heterocycles. The van der Waals surface area contributed by atoms with E-state index in [2.05, 4.69) is 15.0 Å². The van der Waals surface area contributed by atoms with Crippen molar-refractivity contribution >= 4 is 11.4 Å². The topological polar surface area (TPSA) is 88.5 Å². The highest BCUT2D eigenvalue weighted by atomic mass is 14.8. The number of nitrogen functional groups attached to an aromatic ring is 1. The van der Waals surface area contributed by atoms with Gasteiger partial charge in [-0.05, 0) is 13.0 Å². The van der Waals surface area contributed by atoms with Gasteiger partial charge in [0.2, 0.25) is 0 Å². The Kier molecular flexibility index (Phi) is 2.59. The van der Waals surface area contributed by atoms with Crippen LogP contribution in [-0.2, 0) is 0 Å². The lowest BCUT2D eigenvalue weighted by Crippen LogP contribution is -2.05. The molecule has 16 heavy (non-hydrogen) atoms. The highest BCUT2D eigenvalue weighted by Gasteiger charge is 2.12. The number of nitrogens with two attached hydrogens (primary N) is 1. The summed E-state index contributed by atoms with van der Waals surface area (Å²) in [7, 11) is 0. The molecule has 0 aliphatic rings. The molecular weight excluding hydrogens is 202 g/mol. The molecule has 2 rings (SSSR count). The Morgan fingerprint density at radius 3 is 2.69 bits per heavy atom. The summed E-state index contributed by atoms with van der Waals surface area (Å²) in [6, 6.07) is 1.67. The molecule has 0 radical (unpaired) electrons. The number of hydrogen-bond donors (Lipinski definition) is 2. The molecule has 0 unspecified atom stereocenters. The molecule has 0 aromatic carbocycles. The van der Waals surface area contributed by atoms with E-state index in [0.717, 1.165) is 0 Å². The van der Waals surface area contributed by atoms with Gasteiger partial charge in [0.1, 0.15) is 11.4 Å². The van der Waals surface area contributed by atoms with Gasteiger partial charge in [0.15, 0.2) is 0 Å². The van der Waals surface area contributed by atoms with Crippen LogP contribution in [-0.4, -0.2) is 20.7 Å². The van der Waals surface area contributed by atoms with Crippen LogP contribution in [0, 0.1) is 5.41 Å². The Labute approximate surface area is 92.9 Å². The van der Waals surface area contributed by atoms with Crippen molar-refractivity contribution in [3.63, 3.8) is 0 Å². The van der Waals surface area contributed by atoms with Crippen LogP contribution in [0.4, 0.5) is 5.69 Å². The summed E-state index contributed by atoms with van der Waals surface area (Å²) in [5, 5.41) is 7.70. The largest absolute Gasteiger partial charge is 0.398 e. The average Bonchev–Trinajstić information content (AvgIpc) is 2.29. The predicted molar refractivity (Wildman–Crippen MR) is 62.2 cm³/mol. The fourth-order valence-corrected chi connectivity index (χ4v) is 1.49. The first kappa shape index (κ1) is 10.2. The van der Waals surface area contributed by atoms with Gasteiger partial charge in [0.25, 0.3) is 0 Å². The Hall–Kier alpha value is -2.30. The van der Waals surface area contributed by atoms with Gasteiger partial charge in [-0.3, -0.25) is 15.0 Å². The van der Waals surface area contributed by atoms with E-state index >= 15 is 0 Å². The van der Waals surface area contributed by atoms with Crippen molar-refractivity contribution in [2.45, 2.75) is 6.92 Å². The van der Waals surface area contributed by atoms with E-state index in [1.807, 2.05) is 0 Å². The van der Waals surface area contributed by atoms with Crippen LogP contribution in [0.25, 0.3) is 11.4 Å². The predicted octanol–water partition coefficient (Wildman–Crippen LogP) is 1.51. The minimum absolute atomic E-state index is 0.367. The van der Waals surface area contributed by atoms with Gasteiger partial charge in [-0.25, -0.2) is 0 Å². The Balaban J connectivity index is 2.66. The SMILES string of the molecule is CC(=N)c1c(N)ccnc1-c1cnccn1. The number of nitrogens with zero attached hydrogens (tertiary/aromatic N) is 3. The lowest BCUT2D eigenvalue weighted by atomic mass is 10.1. The maximum atomic E-state index is 7.70. The fraction of sp³-hybridized carbons (Fsp3) is 0.0909. The van der Waals surface area contributed by atoms with E-state index in [1.54, 1.807) is 37.8 Å². The van der Waals surface area contributed by atoms with Crippen molar-refractivity contribution in [3.05, 3.63) is 36.4 Å². The van der Waals surface area contributed by atoms with Crippen LogP contribution < -0.4 is 5.73 Å². The summed E-state index contributed by atoms with van der Waals surface area (Å²) < 4.78 is 0.